The zero-order valence-corrected chi connectivity index (χ0v) is 16.0. The number of ether oxygens (including phenoxy) is 1. The third-order valence-corrected chi connectivity index (χ3v) is 5.32. The van der Waals surface area contributed by atoms with Crippen LogP contribution >= 0.6 is 0 Å². The van der Waals surface area contributed by atoms with Crippen molar-refractivity contribution >= 4 is 15.9 Å². The number of amides is 1. The van der Waals surface area contributed by atoms with Gasteiger partial charge in [-0.05, 0) is 49.7 Å². The number of nitrogens with one attached hydrogen (secondary N) is 2. The summed E-state index contributed by atoms with van der Waals surface area (Å²) in [5.74, 6) is 0.441. The Labute approximate surface area is 154 Å². The number of carbonyl (C=O) groups is 1. The number of rotatable bonds is 8. The molecular formula is C19H24N2O4S. The van der Waals surface area contributed by atoms with E-state index in [0.29, 0.717) is 12.2 Å². The molecule has 2 rings (SSSR count). The quantitative estimate of drug-likeness (QED) is 0.742. The van der Waals surface area contributed by atoms with Gasteiger partial charge in [0.15, 0.2) is 0 Å². The minimum atomic E-state index is -3.60. The second kappa shape index (κ2) is 8.82. The van der Waals surface area contributed by atoms with Crippen LogP contribution in [0.1, 0.15) is 42.7 Å². The standard InChI is InChI=1S/C19H24N2O4S/c1-4-20-26(23,24)18-8-6-7-16(13-18)19(22)21-14(3)15-9-11-17(12-10-15)25-5-2/h6-14,20H,4-5H2,1-3H3,(H,21,22). The molecule has 0 radical (unpaired) electrons. The van der Waals surface area contributed by atoms with Gasteiger partial charge in [-0.2, -0.15) is 0 Å². The maximum absolute atomic E-state index is 12.5. The van der Waals surface area contributed by atoms with Crippen LogP contribution in [0.4, 0.5) is 0 Å². The van der Waals surface area contributed by atoms with Crippen LogP contribution in [0.25, 0.3) is 0 Å². The molecule has 7 heteroatoms. The number of hydrogen-bond donors (Lipinski definition) is 2. The zero-order valence-electron chi connectivity index (χ0n) is 15.2. The highest BCUT2D eigenvalue weighted by atomic mass is 32.2. The van der Waals surface area contributed by atoms with E-state index in [9.17, 15) is 13.2 Å². The Morgan fingerprint density at radius 1 is 1.12 bits per heavy atom. The van der Waals surface area contributed by atoms with Crippen LogP contribution in [0.15, 0.2) is 53.4 Å². The van der Waals surface area contributed by atoms with Gasteiger partial charge in [0.1, 0.15) is 5.75 Å². The molecule has 0 saturated heterocycles. The summed E-state index contributed by atoms with van der Waals surface area (Å²) in [7, 11) is -3.60. The normalized spacial score (nSPS) is 12.4. The summed E-state index contributed by atoms with van der Waals surface area (Å²) in [6.07, 6.45) is 0. The molecule has 140 valence electrons. The molecule has 0 heterocycles. The van der Waals surface area contributed by atoms with Crippen molar-refractivity contribution in [2.24, 2.45) is 0 Å². The Morgan fingerprint density at radius 3 is 2.42 bits per heavy atom. The fourth-order valence-corrected chi connectivity index (χ4v) is 3.55. The van der Waals surface area contributed by atoms with Crippen LogP contribution in [0, 0.1) is 0 Å². The van der Waals surface area contributed by atoms with Crippen molar-refractivity contribution in [1.82, 2.24) is 10.0 Å². The smallest absolute Gasteiger partial charge is 0.251 e. The molecular weight excluding hydrogens is 352 g/mol. The van der Waals surface area contributed by atoms with E-state index < -0.39 is 10.0 Å². The number of carbonyl (C=O) groups excluding carboxylic acids is 1. The summed E-state index contributed by atoms with van der Waals surface area (Å²) in [5, 5.41) is 2.88. The molecule has 1 amide bonds. The fourth-order valence-electron chi connectivity index (χ4n) is 2.46. The number of hydrogen-bond acceptors (Lipinski definition) is 4. The summed E-state index contributed by atoms with van der Waals surface area (Å²) in [6.45, 7) is 6.37. The highest BCUT2D eigenvalue weighted by molar-refractivity contribution is 7.89. The van der Waals surface area contributed by atoms with Crippen molar-refractivity contribution in [1.29, 1.82) is 0 Å². The van der Waals surface area contributed by atoms with Crippen molar-refractivity contribution in [3.05, 3.63) is 59.7 Å². The zero-order chi connectivity index (χ0) is 19.2. The van der Waals surface area contributed by atoms with E-state index >= 15 is 0 Å². The molecule has 26 heavy (non-hydrogen) atoms. The largest absolute Gasteiger partial charge is 0.494 e. The summed E-state index contributed by atoms with van der Waals surface area (Å²) in [4.78, 5) is 12.6. The Bertz CT molecular complexity index is 848. The van der Waals surface area contributed by atoms with Gasteiger partial charge in [-0.1, -0.05) is 25.1 Å². The molecule has 0 aliphatic heterocycles. The third kappa shape index (κ3) is 5.06. The first-order valence-corrected chi connectivity index (χ1v) is 9.99. The molecule has 0 fully saturated rings. The molecule has 0 aromatic heterocycles. The van der Waals surface area contributed by atoms with E-state index in [1.165, 1.54) is 12.1 Å². The van der Waals surface area contributed by atoms with E-state index in [4.69, 9.17) is 4.74 Å². The van der Waals surface area contributed by atoms with E-state index in [-0.39, 0.29) is 23.4 Å². The molecule has 1 unspecified atom stereocenters. The molecule has 0 aliphatic carbocycles. The molecule has 2 aromatic rings. The maximum Gasteiger partial charge on any atom is 0.251 e. The minimum Gasteiger partial charge on any atom is -0.494 e. The van der Waals surface area contributed by atoms with Gasteiger partial charge in [-0.25, -0.2) is 13.1 Å². The highest BCUT2D eigenvalue weighted by Crippen LogP contribution is 2.19. The lowest BCUT2D eigenvalue weighted by Crippen LogP contribution is -2.27. The van der Waals surface area contributed by atoms with Gasteiger partial charge >= 0.3 is 0 Å². The monoisotopic (exact) mass is 376 g/mol. The summed E-state index contributed by atoms with van der Waals surface area (Å²) in [6, 6.07) is 13.2. The van der Waals surface area contributed by atoms with Crippen molar-refractivity contribution in [3.8, 4) is 5.75 Å². The van der Waals surface area contributed by atoms with E-state index in [0.717, 1.165) is 11.3 Å². The van der Waals surface area contributed by atoms with Crippen LogP contribution in [-0.2, 0) is 10.0 Å². The van der Waals surface area contributed by atoms with Crippen molar-refractivity contribution < 1.29 is 17.9 Å². The lowest BCUT2D eigenvalue weighted by atomic mass is 10.1. The van der Waals surface area contributed by atoms with Crippen LogP contribution in [-0.4, -0.2) is 27.5 Å². The van der Waals surface area contributed by atoms with Crippen molar-refractivity contribution in [3.63, 3.8) is 0 Å². The molecule has 0 saturated carbocycles. The number of benzene rings is 2. The van der Waals surface area contributed by atoms with Crippen LogP contribution in [0.2, 0.25) is 0 Å². The van der Waals surface area contributed by atoms with Gasteiger partial charge in [0.25, 0.3) is 5.91 Å². The second-order valence-corrected chi connectivity index (χ2v) is 7.49. The van der Waals surface area contributed by atoms with Crippen molar-refractivity contribution in [2.45, 2.75) is 31.7 Å². The first-order valence-electron chi connectivity index (χ1n) is 8.50. The first-order chi connectivity index (χ1) is 12.4. The summed E-state index contributed by atoms with van der Waals surface area (Å²) in [5.41, 5.74) is 1.22. The Balaban J connectivity index is 2.12. The van der Waals surface area contributed by atoms with Gasteiger partial charge in [0.05, 0.1) is 17.5 Å². The average molecular weight is 376 g/mol. The molecule has 2 aromatic carbocycles. The topological polar surface area (TPSA) is 84.5 Å². The average Bonchev–Trinajstić information content (AvgIpc) is 2.62. The van der Waals surface area contributed by atoms with Crippen LogP contribution < -0.4 is 14.8 Å². The Kier molecular flexibility index (Phi) is 6.76. The van der Waals surface area contributed by atoms with Crippen LogP contribution in [0.3, 0.4) is 0 Å². The molecule has 2 N–H and O–H groups in total. The predicted molar refractivity (Wildman–Crippen MR) is 101 cm³/mol. The van der Waals surface area contributed by atoms with E-state index in [1.54, 1.807) is 19.1 Å². The summed E-state index contributed by atoms with van der Waals surface area (Å²) >= 11 is 0. The van der Waals surface area contributed by atoms with E-state index in [1.807, 2.05) is 38.1 Å². The lowest BCUT2D eigenvalue weighted by molar-refractivity contribution is 0.0939. The maximum atomic E-state index is 12.5. The van der Waals surface area contributed by atoms with Gasteiger partial charge in [0.2, 0.25) is 10.0 Å². The lowest BCUT2D eigenvalue weighted by Gasteiger charge is -2.15. The van der Waals surface area contributed by atoms with Crippen LogP contribution in [0.5, 0.6) is 5.75 Å². The Hall–Kier alpha value is -2.38. The minimum absolute atomic E-state index is 0.0701. The SMILES string of the molecule is CCNS(=O)(=O)c1cccc(C(=O)NC(C)c2ccc(OCC)cc2)c1. The Morgan fingerprint density at radius 2 is 1.81 bits per heavy atom. The number of sulfonamides is 1. The van der Waals surface area contributed by atoms with Gasteiger partial charge < -0.3 is 10.1 Å². The molecule has 6 nitrogen and oxygen atoms in total. The fraction of sp³-hybridized carbons (Fsp3) is 0.316. The molecule has 0 spiro atoms. The first kappa shape index (κ1) is 19.9. The predicted octanol–water partition coefficient (Wildman–Crippen LogP) is 2.87. The summed E-state index contributed by atoms with van der Waals surface area (Å²) < 4.78 is 32.0. The van der Waals surface area contributed by atoms with Gasteiger partial charge in [0, 0.05) is 12.1 Å². The highest BCUT2D eigenvalue weighted by Gasteiger charge is 2.16. The van der Waals surface area contributed by atoms with E-state index in [2.05, 4.69) is 10.0 Å². The second-order valence-electron chi connectivity index (χ2n) is 5.73. The molecule has 0 bridgehead atoms. The molecule has 1 atom stereocenters. The molecule has 0 aliphatic rings. The van der Waals surface area contributed by atoms with Gasteiger partial charge in [-0.3, -0.25) is 4.79 Å². The third-order valence-electron chi connectivity index (χ3n) is 3.78. The van der Waals surface area contributed by atoms with Gasteiger partial charge in [-0.15, -0.1) is 0 Å². The van der Waals surface area contributed by atoms with Crippen molar-refractivity contribution in [2.75, 3.05) is 13.2 Å².